The zero-order valence-electron chi connectivity index (χ0n) is 13.0. The second kappa shape index (κ2) is 6.30. The smallest absolute Gasteiger partial charge is 0.199 e. The van der Waals surface area contributed by atoms with Gasteiger partial charge >= 0.3 is 0 Å². The van der Waals surface area contributed by atoms with E-state index in [-0.39, 0.29) is 5.82 Å². The Morgan fingerprint density at radius 2 is 1.95 bits per heavy atom. The Balaban J connectivity index is 1.87. The van der Waals surface area contributed by atoms with Crippen LogP contribution in [0.15, 0.2) is 24.3 Å². The molecule has 1 aromatic carbocycles. The lowest BCUT2D eigenvalue weighted by Crippen LogP contribution is -2.34. The van der Waals surface area contributed by atoms with Crippen molar-refractivity contribution in [1.29, 1.82) is 0 Å². The van der Waals surface area contributed by atoms with Gasteiger partial charge in [-0.3, -0.25) is 4.90 Å². The lowest BCUT2D eigenvalue weighted by molar-refractivity contribution is 0.146. The maximum absolute atomic E-state index is 14.0. The third kappa shape index (κ3) is 2.98. The monoisotopic (exact) mass is 320 g/mol. The van der Waals surface area contributed by atoms with Crippen molar-refractivity contribution in [2.24, 2.45) is 13.0 Å². The summed E-state index contributed by atoms with van der Waals surface area (Å²) in [6.07, 6.45) is 2.42. The van der Waals surface area contributed by atoms with Gasteiger partial charge in [-0.1, -0.05) is 19.1 Å². The summed E-state index contributed by atoms with van der Waals surface area (Å²) in [7, 11) is 1.84. The van der Waals surface area contributed by atoms with Gasteiger partial charge in [-0.25, -0.2) is 9.07 Å². The molecule has 1 aliphatic heterocycles. The number of piperidine rings is 1. The molecular formula is C16H21FN4S. The van der Waals surface area contributed by atoms with Crippen molar-refractivity contribution in [2.75, 3.05) is 13.1 Å². The minimum absolute atomic E-state index is 0.274. The maximum Gasteiger partial charge on any atom is 0.199 e. The third-order valence-corrected chi connectivity index (χ3v) is 4.85. The Labute approximate surface area is 135 Å². The fourth-order valence-electron chi connectivity index (χ4n) is 2.85. The van der Waals surface area contributed by atoms with Crippen LogP contribution in [0.2, 0.25) is 0 Å². The van der Waals surface area contributed by atoms with E-state index in [1.807, 2.05) is 13.1 Å². The van der Waals surface area contributed by atoms with E-state index in [0.29, 0.717) is 22.8 Å². The lowest BCUT2D eigenvalue weighted by Gasteiger charge is -2.29. The first-order valence-electron chi connectivity index (χ1n) is 7.67. The van der Waals surface area contributed by atoms with E-state index < -0.39 is 0 Å². The van der Waals surface area contributed by atoms with E-state index in [2.05, 4.69) is 16.9 Å². The highest BCUT2D eigenvalue weighted by Crippen LogP contribution is 2.21. The summed E-state index contributed by atoms with van der Waals surface area (Å²) >= 11 is 5.46. The fraction of sp³-hybridized carbons (Fsp3) is 0.500. The van der Waals surface area contributed by atoms with Crippen LogP contribution in [0, 0.1) is 16.5 Å². The number of nitrogens with zero attached hydrogens (tertiary/aromatic N) is 4. The van der Waals surface area contributed by atoms with Crippen molar-refractivity contribution < 1.29 is 4.39 Å². The quantitative estimate of drug-likeness (QED) is 0.810. The summed E-state index contributed by atoms with van der Waals surface area (Å²) in [5, 5.41) is 4.55. The molecule has 0 saturated carbocycles. The van der Waals surface area contributed by atoms with E-state index >= 15 is 0 Å². The van der Waals surface area contributed by atoms with E-state index in [4.69, 9.17) is 12.2 Å². The van der Waals surface area contributed by atoms with Crippen LogP contribution in [-0.4, -0.2) is 32.3 Å². The van der Waals surface area contributed by atoms with Crippen LogP contribution in [0.4, 0.5) is 4.39 Å². The normalized spacial score (nSPS) is 17.0. The molecule has 0 amide bonds. The van der Waals surface area contributed by atoms with Gasteiger partial charge in [0.05, 0.1) is 12.2 Å². The fourth-order valence-corrected chi connectivity index (χ4v) is 3.04. The van der Waals surface area contributed by atoms with Crippen molar-refractivity contribution in [3.63, 3.8) is 0 Å². The molecule has 2 heterocycles. The summed E-state index contributed by atoms with van der Waals surface area (Å²) < 4.78 is 18.2. The van der Waals surface area contributed by atoms with Gasteiger partial charge in [-0.05, 0) is 43.1 Å². The van der Waals surface area contributed by atoms with Gasteiger partial charge in [-0.2, -0.15) is 5.10 Å². The number of halogens is 1. The summed E-state index contributed by atoms with van der Waals surface area (Å²) in [5.74, 6) is 1.10. The molecule has 6 heteroatoms. The number of benzene rings is 1. The molecule has 0 radical (unpaired) electrons. The highest BCUT2D eigenvalue weighted by atomic mass is 32.1. The number of likely N-dealkylation sites (tertiary alicyclic amines) is 1. The molecule has 0 unspecified atom stereocenters. The number of aromatic nitrogens is 3. The Kier molecular flexibility index (Phi) is 4.40. The summed E-state index contributed by atoms with van der Waals surface area (Å²) in [4.78, 5) is 2.36. The molecule has 2 aromatic rings. The zero-order valence-corrected chi connectivity index (χ0v) is 13.8. The van der Waals surface area contributed by atoms with Gasteiger partial charge in [0, 0.05) is 20.1 Å². The van der Waals surface area contributed by atoms with Crippen LogP contribution < -0.4 is 0 Å². The number of hydrogen-bond acceptors (Lipinski definition) is 3. The van der Waals surface area contributed by atoms with Crippen molar-refractivity contribution >= 4 is 12.2 Å². The molecule has 1 saturated heterocycles. The summed E-state index contributed by atoms with van der Waals surface area (Å²) in [6, 6.07) is 6.68. The Hall–Kier alpha value is -1.53. The standard InChI is InChI=1S/C16H21FN4S/c1-12-7-9-20(10-8-12)11-21-16(22)19(2)15(18-21)13-5-3-4-6-14(13)17/h3-6,12H,7-11H2,1-2H3. The van der Waals surface area contributed by atoms with Crippen LogP contribution in [0.5, 0.6) is 0 Å². The maximum atomic E-state index is 14.0. The van der Waals surface area contributed by atoms with Gasteiger partial charge in [0.25, 0.3) is 0 Å². The van der Waals surface area contributed by atoms with Crippen LogP contribution in [0.25, 0.3) is 11.4 Å². The molecule has 4 nitrogen and oxygen atoms in total. The molecular weight excluding hydrogens is 299 g/mol. The van der Waals surface area contributed by atoms with Gasteiger partial charge in [0.2, 0.25) is 0 Å². The predicted molar refractivity (Wildman–Crippen MR) is 87.4 cm³/mol. The average Bonchev–Trinajstić information content (AvgIpc) is 2.78. The predicted octanol–water partition coefficient (Wildman–Crippen LogP) is 3.45. The summed E-state index contributed by atoms with van der Waals surface area (Å²) in [5.41, 5.74) is 0.488. The molecule has 0 N–H and O–H groups in total. The van der Waals surface area contributed by atoms with Crippen LogP contribution in [0.1, 0.15) is 19.8 Å². The highest BCUT2D eigenvalue weighted by Gasteiger charge is 2.18. The van der Waals surface area contributed by atoms with E-state index in [1.54, 1.807) is 21.4 Å². The first-order valence-corrected chi connectivity index (χ1v) is 8.08. The van der Waals surface area contributed by atoms with E-state index in [9.17, 15) is 4.39 Å². The Morgan fingerprint density at radius 1 is 1.27 bits per heavy atom. The molecule has 0 bridgehead atoms. The number of hydrogen-bond donors (Lipinski definition) is 0. The third-order valence-electron chi connectivity index (χ3n) is 4.37. The van der Waals surface area contributed by atoms with Crippen molar-refractivity contribution in [3.8, 4) is 11.4 Å². The van der Waals surface area contributed by atoms with Crippen LogP contribution in [0.3, 0.4) is 0 Å². The van der Waals surface area contributed by atoms with Gasteiger partial charge in [-0.15, -0.1) is 0 Å². The van der Waals surface area contributed by atoms with Crippen LogP contribution >= 0.6 is 12.2 Å². The average molecular weight is 320 g/mol. The van der Waals surface area contributed by atoms with Gasteiger partial charge in [0.15, 0.2) is 10.6 Å². The zero-order chi connectivity index (χ0) is 15.7. The second-order valence-corrected chi connectivity index (χ2v) is 6.45. The topological polar surface area (TPSA) is 26.0 Å². The molecule has 1 aliphatic rings. The van der Waals surface area contributed by atoms with Crippen molar-refractivity contribution in [2.45, 2.75) is 26.4 Å². The van der Waals surface area contributed by atoms with E-state index in [1.165, 1.54) is 18.9 Å². The summed E-state index contributed by atoms with van der Waals surface area (Å²) in [6.45, 7) is 5.09. The molecule has 1 fully saturated rings. The molecule has 0 spiro atoms. The van der Waals surface area contributed by atoms with E-state index in [0.717, 1.165) is 19.0 Å². The molecule has 22 heavy (non-hydrogen) atoms. The number of rotatable bonds is 3. The molecule has 1 aromatic heterocycles. The Bertz CT molecular complexity index is 713. The molecule has 0 atom stereocenters. The second-order valence-electron chi connectivity index (χ2n) is 6.09. The molecule has 0 aliphatic carbocycles. The van der Waals surface area contributed by atoms with Crippen molar-refractivity contribution in [1.82, 2.24) is 19.2 Å². The minimum atomic E-state index is -0.274. The van der Waals surface area contributed by atoms with Crippen molar-refractivity contribution in [3.05, 3.63) is 34.9 Å². The highest BCUT2D eigenvalue weighted by molar-refractivity contribution is 7.71. The Morgan fingerprint density at radius 3 is 2.64 bits per heavy atom. The first-order chi connectivity index (χ1) is 10.6. The van der Waals surface area contributed by atoms with Crippen LogP contribution in [-0.2, 0) is 13.7 Å². The molecule has 118 valence electrons. The lowest BCUT2D eigenvalue weighted by atomic mass is 10.00. The molecule has 3 rings (SSSR count). The SMILES string of the molecule is CC1CCN(Cn2nc(-c3ccccc3F)n(C)c2=S)CC1. The largest absolute Gasteiger partial charge is 0.303 e. The van der Waals surface area contributed by atoms with Gasteiger partial charge < -0.3 is 4.57 Å². The first kappa shape index (κ1) is 15.4. The van der Waals surface area contributed by atoms with Gasteiger partial charge in [0.1, 0.15) is 5.82 Å². The minimum Gasteiger partial charge on any atom is -0.303 e.